The van der Waals surface area contributed by atoms with E-state index in [4.69, 9.17) is 11.3 Å². The lowest BCUT2D eigenvalue weighted by Gasteiger charge is -2.09. The minimum atomic E-state index is -0.0291. The average molecular weight is 293 g/mol. The van der Waals surface area contributed by atoms with Crippen molar-refractivity contribution in [3.05, 3.63) is 41.6 Å². The molecule has 0 fully saturated rings. The van der Waals surface area contributed by atoms with Crippen molar-refractivity contribution < 1.29 is 4.74 Å². The Kier molecular flexibility index (Phi) is 3.47. The monoisotopic (exact) mass is 293 g/mol. The molecule has 0 saturated heterocycles. The summed E-state index contributed by atoms with van der Waals surface area (Å²) >= 11 is 0. The van der Waals surface area contributed by atoms with E-state index in [9.17, 15) is 0 Å². The first kappa shape index (κ1) is 14.0. The fourth-order valence-corrected chi connectivity index (χ4v) is 2.21. The Labute approximate surface area is 128 Å². The van der Waals surface area contributed by atoms with E-state index in [2.05, 4.69) is 24.8 Å². The van der Waals surface area contributed by atoms with E-state index >= 15 is 0 Å². The molecule has 6 nitrogen and oxygen atoms in total. The molecule has 0 amide bonds. The van der Waals surface area contributed by atoms with E-state index in [0.717, 1.165) is 22.2 Å². The number of hydrogen-bond donors (Lipinski definition) is 1. The molecule has 3 aromatic heterocycles. The van der Waals surface area contributed by atoms with Crippen molar-refractivity contribution in [2.45, 2.75) is 26.9 Å². The Morgan fingerprint density at radius 2 is 2.09 bits per heavy atom. The maximum absolute atomic E-state index is 7.33. The number of ether oxygens (including phenoxy) is 1. The summed E-state index contributed by atoms with van der Waals surface area (Å²) in [5.74, 6) is 0. The van der Waals surface area contributed by atoms with Crippen LogP contribution in [0.2, 0.25) is 0 Å². The molecule has 0 aliphatic heterocycles. The van der Waals surface area contributed by atoms with Crippen LogP contribution in [-0.2, 0) is 0 Å². The molecule has 3 rings (SSSR count). The van der Waals surface area contributed by atoms with Crippen molar-refractivity contribution in [1.29, 1.82) is 0 Å². The topological polar surface area (TPSA) is 68.1 Å². The van der Waals surface area contributed by atoms with Crippen LogP contribution in [0.1, 0.15) is 19.4 Å². The Hall–Kier alpha value is -2.94. The van der Waals surface area contributed by atoms with Gasteiger partial charge in [-0.15, -0.1) is 0 Å². The highest BCUT2D eigenvalue weighted by Crippen LogP contribution is 2.34. The number of pyridine rings is 1. The molecule has 3 aromatic rings. The van der Waals surface area contributed by atoms with Crippen LogP contribution in [0.15, 0.2) is 24.7 Å². The molecule has 6 heteroatoms. The molecule has 0 aliphatic rings. The quantitative estimate of drug-likeness (QED) is 0.748. The molecule has 22 heavy (non-hydrogen) atoms. The molecule has 110 valence electrons. The lowest BCUT2D eigenvalue weighted by molar-refractivity contribution is 0.222. The highest BCUT2D eigenvalue weighted by atomic mass is 16.5. The van der Waals surface area contributed by atoms with E-state index in [1.807, 2.05) is 33.0 Å². The maximum Gasteiger partial charge on any atom is 0.314 e. The number of H-pyrrole nitrogens is 1. The van der Waals surface area contributed by atoms with Crippen LogP contribution in [0.4, 0.5) is 5.69 Å². The van der Waals surface area contributed by atoms with Crippen molar-refractivity contribution in [1.82, 2.24) is 19.9 Å². The Morgan fingerprint density at radius 3 is 2.82 bits per heavy atom. The minimum Gasteiger partial charge on any atom is -0.461 e. The molecule has 0 atom stereocenters. The van der Waals surface area contributed by atoms with Crippen LogP contribution < -0.4 is 4.74 Å². The predicted octanol–water partition coefficient (Wildman–Crippen LogP) is 3.67. The van der Waals surface area contributed by atoms with Gasteiger partial charge in [-0.1, -0.05) is 0 Å². The molecule has 3 heterocycles. The van der Waals surface area contributed by atoms with Crippen molar-refractivity contribution >= 4 is 16.7 Å². The lowest BCUT2D eigenvalue weighted by Crippen LogP contribution is -2.08. The van der Waals surface area contributed by atoms with Gasteiger partial charge in [0.1, 0.15) is 5.65 Å². The van der Waals surface area contributed by atoms with Gasteiger partial charge in [-0.05, 0) is 32.4 Å². The Balaban J connectivity index is 2.20. The number of fused-ring (bicyclic) bond motifs is 1. The summed E-state index contributed by atoms with van der Waals surface area (Å²) in [6.07, 6.45) is 5.08. The smallest absolute Gasteiger partial charge is 0.314 e. The maximum atomic E-state index is 7.33. The summed E-state index contributed by atoms with van der Waals surface area (Å²) in [4.78, 5) is 19.5. The van der Waals surface area contributed by atoms with Gasteiger partial charge in [0.05, 0.1) is 18.4 Å². The van der Waals surface area contributed by atoms with Crippen molar-refractivity contribution in [2.75, 3.05) is 0 Å². The van der Waals surface area contributed by atoms with E-state index in [1.54, 1.807) is 6.20 Å². The molecule has 0 unspecified atom stereocenters. The second-order valence-corrected chi connectivity index (χ2v) is 5.28. The van der Waals surface area contributed by atoms with Crippen LogP contribution in [0, 0.1) is 13.5 Å². The van der Waals surface area contributed by atoms with Gasteiger partial charge < -0.3 is 9.72 Å². The zero-order valence-electron chi connectivity index (χ0n) is 12.6. The van der Waals surface area contributed by atoms with Crippen LogP contribution in [-0.4, -0.2) is 26.0 Å². The van der Waals surface area contributed by atoms with Crippen molar-refractivity contribution in [3.63, 3.8) is 0 Å². The molecule has 0 spiro atoms. The van der Waals surface area contributed by atoms with Gasteiger partial charge in [-0.25, -0.2) is 19.8 Å². The highest BCUT2D eigenvalue weighted by molar-refractivity contribution is 5.96. The number of aromatic nitrogens is 4. The third-order valence-electron chi connectivity index (χ3n) is 3.13. The van der Waals surface area contributed by atoms with Gasteiger partial charge in [-0.2, -0.15) is 0 Å². The SMILES string of the molecule is [C-]#[N+]c1cnc(OC(C)C)nc1-c1c[nH]c2ncc(C)cc12. The van der Waals surface area contributed by atoms with Gasteiger partial charge in [0, 0.05) is 29.5 Å². The summed E-state index contributed by atoms with van der Waals surface area (Å²) < 4.78 is 5.54. The fourth-order valence-electron chi connectivity index (χ4n) is 2.21. The zero-order valence-corrected chi connectivity index (χ0v) is 12.6. The molecule has 1 N–H and O–H groups in total. The van der Waals surface area contributed by atoms with Gasteiger partial charge >= 0.3 is 6.01 Å². The first-order valence-electron chi connectivity index (χ1n) is 6.93. The standard InChI is InChI=1S/C16H15N5O/c1-9(2)22-16-20-8-13(17-4)14(21-16)12-7-19-15-11(12)5-10(3)6-18-15/h5-9H,1-3H3,(H,18,19). The van der Waals surface area contributed by atoms with Gasteiger partial charge in [-0.3, -0.25) is 0 Å². The van der Waals surface area contributed by atoms with Gasteiger partial charge in [0.2, 0.25) is 5.69 Å². The van der Waals surface area contributed by atoms with Crippen LogP contribution in [0.3, 0.4) is 0 Å². The largest absolute Gasteiger partial charge is 0.461 e. The second kappa shape index (κ2) is 5.45. The first-order chi connectivity index (χ1) is 10.6. The number of hydrogen-bond acceptors (Lipinski definition) is 4. The van der Waals surface area contributed by atoms with E-state index < -0.39 is 0 Å². The molecule has 0 radical (unpaired) electrons. The van der Waals surface area contributed by atoms with Crippen molar-refractivity contribution in [2.24, 2.45) is 0 Å². The van der Waals surface area contributed by atoms with Gasteiger partial charge in [0.15, 0.2) is 0 Å². The Bertz CT molecular complexity index is 876. The van der Waals surface area contributed by atoms with E-state index in [0.29, 0.717) is 11.4 Å². The number of aromatic amines is 1. The molecule has 0 aromatic carbocycles. The van der Waals surface area contributed by atoms with Crippen LogP contribution in [0.25, 0.3) is 27.1 Å². The fraction of sp³-hybridized carbons (Fsp3) is 0.250. The van der Waals surface area contributed by atoms with Crippen LogP contribution in [0.5, 0.6) is 6.01 Å². The Morgan fingerprint density at radius 1 is 1.27 bits per heavy atom. The highest BCUT2D eigenvalue weighted by Gasteiger charge is 2.15. The normalized spacial score (nSPS) is 10.9. The first-order valence-corrected chi connectivity index (χ1v) is 6.93. The summed E-state index contributed by atoms with van der Waals surface area (Å²) in [6, 6.07) is 2.29. The van der Waals surface area contributed by atoms with Crippen LogP contribution >= 0.6 is 0 Å². The molecular weight excluding hydrogens is 278 g/mol. The third-order valence-corrected chi connectivity index (χ3v) is 3.13. The summed E-state index contributed by atoms with van der Waals surface area (Å²) in [5.41, 5.74) is 3.58. The molecule has 0 bridgehead atoms. The number of aryl methyl sites for hydroxylation is 1. The predicted molar refractivity (Wildman–Crippen MR) is 83.9 cm³/mol. The number of nitrogens with zero attached hydrogens (tertiary/aromatic N) is 4. The summed E-state index contributed by atoms with van der Waals surface area (Å²) in [6.45, 7) is 13.1. The van der Waals surface area contributed by atoms with Gasteiger partial charge in [0.25, 0.3) is 0 Å². The lowest BCUT2D eigenvalue weighted by atomic mass is 10.1. The summed E-state index contributed by atoms with van der Waals surface area (Å²) in [7, 11) is 0. The number of nitrogens with one attached hydrogen (secondary N) is 1. The molecule has 0 saturated carbocycles. The zero-order chi connectivity index (χ0) is 15.7. The van der Waals surface area contributed by atoms with Crippen molar-refractivity contribution in [3.8, 4) is 17.3 Å². The molecular formula is C16H15N5O. The van der Waals surface area contributed by atoms with E-state index in [1.165, 1.54) is 6.20 Å². The summed E-state index contributed by atoms with van der Waals surface area (Å²) in [5, 5.41) is 0.930. The third kappa shape index (κ3) is 2.49. The number of rotatable bonds is 3. The van der Waals surface area contributed by atoms with E-state index in [-0.39, 0.29) is 12.1 Å². The minimum absolute atomic E-state index is 0.0291. The molecule has 0 aliphatic carbocycles. The average Bonchev–Trinajstić information content (AvgIpc) is 2.89. The second-order valence-electron chi connectivity index (χ2n) is 5.28.